The number of ether oxygens (including phenoxy) is 1. The molecule has 0 fully saturated rings. The second-order valence-electron chi connectivity index (χ2n) is 6.63. The molecule has 134 valence electrons. The van der Waals surface area contributed by atoms with E-state index in [1.807, 2.05) is 24.3 Å². The molecule has 2 nitrogen and oxygen atoms in total. The second-order valence-corrected chi connectivity index (χ2v) is 6.63. The summed E-state index contributed by atoms with van der Waals surface area (Å²) in [5.74, 6) is 0.918. The number of hydrogen-bond donors (Lipinski definition) is 1. The summed E-state index contributed by atoms with van der Waals surface area (Å²) < 4.78 is 5.93. The van der Waals surface area contributed by atoms with Crippen molar-refractivity contribution in [3.63, 3.8) is 0 Å². The number of fused-ring (bicyclic) bond motifs is 1. The highest BCUT2D eigenvalue weighted by molar-refractivity contribution is 5.93. The number of nitrogens with one attached hydrogen (secondary N) is 1. The van der Waals surface area contributed by atoms with Crippen LogP contribution < -0.4 is 10.1 Å². The minimum Gasteiger partial charge on any atom is -0.489 e. The van der Waals surface area contributed by atoms with Crippen molar-refractivity contribution in [2.45, 2.75) is 13.0 Å². The van der Waals surface area contributed by atoms with Crippen molar-refractivity contribution in [1.29, 1.82) is 0 Å². The maximum atomic E-state index is 5.93. The van der Waals surface area contributed by atoms with Gasteiger partial charge in [-0.2, -0.15) is 0 Å². The van der Waals surface area contributed by atoms with E-state index in [1.165, 1.54) is 27.6 Å². The van der Waals surface area contributed by atoms with Gasteiger partial charge in [0, 0.05) is 17.6 Å². The molecule has 0 spiro atoms. The van der Waals surface area contributed by atoms with Crippen LogP contribution in [0.3, 0.4) is 0 Å². The minimum atomic E-state index is 0.596. The van der Waals surface area contributed by atoms with Gasteiger partial charge >= 0.3 is 0 Å². The van der Waals surface area contributed by atoms with E-state index < -0.39 is 0 Å². The number of benzene rings is 4. The van der Waals surface area contributed by atoms with Crippen LogP contribution in [0.1, 0.15) is 11.1 Å². The summed E-state index contributed by atoms with van der Waals surface area (Å²) >= 11 is 0. The normalized spacial score (nSPS) is 10.7. The fourth-order valence-electron chi connectivity index (χ4n) is 3.25. The Morgan fingerprint density at radius 1 is 0.667 bits per heavy atom. The molecule has 4 aromatic carbocycles. The van der Waals surface area contributed by atoms with Crippen molar-refractivity contribution in [3.05, 3.63) is 108 Å². The lowest BCUT2D eigenvalue weighted by atomic mass is 10.1. The van der Waals surface area contributed by atoms with Crippen molar-refractivity contribution in [3.8, 4) is 5.75 Å². The van der Waals surface area contributed by atoms with Crippen LogP contribution in [0.5, 0.6) is 5.75 Å². The van der Waals surface area contributed by atoms with Crippen LogP contribution in [0.2, 0.25) is 0 Å². The van der Waals surface area contributed by atoms with E-state index in [2.05, 4.69) is 78.1 Å². The first-order valence-corrected chi connectivity index (χ1v) is 9.36. The summed E-state index contributed by atoms with van der Waals surface area (Å²) in [7, 11) is 0. The molecule has 4 rings (SSSR count). The zero-order chi connectivity index (χ0) is 18.3. The molecule has 0 saturated heterocycles. The molecule has 1 N–H and O–H groups in total. The molecule has 0 saturated carbocycles. The Labute approximate surface area is 160 Å². The van der Waals surface area contributed by atoms with Crippen LogP contribution in [0.25, 0.3) is 10.8 Å². The Hall–Kier alpha value is -3.26. The Balaban J connectivity index is 1.36. The predicted molar refractivity (Wildman–Crippen MR) is 113 cm³/mol. The smallest absolute Gasteiger partial charge is 0.120 e. The third-order valence-corrected chi connectivity index (χ3v) is 4.67. The first kappa shape index (κ1) is 17.2. The van der Waals surface area contributed by atoms with Crippen molar-refractivity contribution < 1.29 is 4.74 Å². The van der Waals surface area contributed by atoms with Gasteiger partial charge in [-0.05, 0) is 41.1 Å². The van der Waals surface area contributed by atoms with E-state index in [0.29, 0.717) is 6.61 Å². The van der Waals surface area contributed by atoms with Crippen molar-refractivity contribution in [1.82, 2.24) is 0 Å². The van der Waals surface area contributed by atoms with Gasteiger partial charge in [-0.1, -0.05) is 78.9 Å². The molecule has 0 radical (unpaired) electrons. The molecule has 2 heteroatoms. The molecule has 0 unspecified atom stereocenters. The summed E-state index contributed by atoms with van der Waals surface area (Å²) in [5.41, 5.74) is 3.64. The fourth-order valence-corrected chi connectivity index (χ4v) is 3.25. The summed E-state index contributed by atoms with van der Waals surface area (Å²) in [4.78, 5) is 0. The molecule has 0 amide bonds. The number of hydrogen-bond acceptors (Lipinski definition) is 2. The van der Waals surface area contributed by atoms with Gasteiger partial charge in [0.25, 0.3) is 0 Å². The van der Waals surface area contributed by atoms with Crippen LogP contribution in [0.15, 0.2) is 97.1 Å². The molecule has 0 aromatic heterocycles. The first-order chi connectivity index (χ1) is 13.4. The minimum absolute atomic E-state index is 0.596. The van der Waals surface area contributed by atoms with Crippen molar-refractivity contribution in [2.24, 2.45) is 0 Å². The molecule has 0 aliphatic rings. The lowest BCUT2D eigenvalue weighted by Crippen LogP contribution is -2.05. The Kier molecular flexibility index (Phi) is 5.35. The van der Waals surface area contributed by atoms with Crippen LogP contribution >= 0.6 is 0 Å². The highest BCUT2D eigenvalue weighted by Crippen LogP contribution is 2.23. The molecule has 0 heterocycles. The maximum absolute atomic E-state index is 5.93. The van der Waals surface area contributed by atoms with Gasteiger partial charge in [-0.3, -0.25) is 0 Å². The van der Waals surface area contributed by atoms with Gasteiger partial charge in [-0.25, -0.2) is 0 Å². The van der Waals surface area contributed by atoms with Crippen LogP contribution in [0.4, 0.5) is 5.69 Å². The van der Waals surface area contributed by atoms with Gasteiger partial charge in [0.2, 0.25) is 0 Å². The van der Waals surface area contributed by atoms with E-state index in [9.17, 15) is 0 Å². The SMILES string of the molecule is c1ccc(COc2cccc(CCNc3cccc4ccccc34)c2)cc1. The summed E-state index contributed by atoms with van der Waals surface area (Å²) in [6.07, 6.45) is 0.950. The number of rotatable bonds is 7. The fraction of sp³-hybridized carbons (Fsp3) is 0.120. The molecule has 0 aliphatic carbocycles. The molecular formula is C25H23NO. The van der Waals surface area contributed by atoms with E-state index in [4.69, 9.17) is 4.74 Å². The second kappa shape index (κ2) is 8.41. The molecule has 0 aliphatic heterocycles. The van der Waals surface area contributed by atoms with E-state index >= 15 is 0 Å². The molecule has 0 bridgehead atoms. The maximum Gasteiger partial charge on any atom is 0.120 e. The Morgan fingerprint density at radius 3 is 2.33 bits per heavy atom. The Morgan fingerprint density at radius 2 is 1.41 bits per heavy atom. The van der Waals surface area contributed by atoms with Gasteiger partial charge in [0.05, 0.1) is 0 Å². The summed E-state index contributed by atoms with van der Waals surface area (Å²) in [6.45, 7) is 1.48. The molecule has 0 atom stereocenters. The van der Waals surface area contributed by atoms with Gasteiger partial charge in [0.15, 0.2) is 0 Å². The first-order valence-electron chi connectivity index (χ1n) is 9.36. The average Bonchev–Trinajstić information content (AvgIpc) is 2.74. The Bertz CT molecular complexity index is 1010. The molecule has 27 heavy (non-hydrogen) atoms. The quantitative estimate of drug-likeness (QED) is 0.435. The van der Waals surface area contributed by atoms with Crippen molar-refractivity contribution in [2.75, 3.05) is 11.9 Å². The third kappa shape index (κ3) is 4.48. The highest BCUT2D eigenvalue weighted by Gasteiger charge is 2.01. The molecule has 4 aromatic rings. The zero-order valence-corrected chi connectivity index (χ0v) is 15.3. The van der Waals surface area contributed by atoms with Crippen molar-refractivity contribution >= 4 is 16.5 Å². The van der Waals surface area contributed by atoms with E-state index in [-0.39, 0.29) is 0 Å². The molecular weight excluding hydrogens is 330 g/mol. The van der Waals surface area contributed by atoms with Crippen LogP contribution in [-0.2, 0) is 13.0 Å². The van der Waals surface area contributed by atoms with Crippen LogP contribution in [-0.4, -0.2) is 6.54 Å². The van der Waals surface area contributed by atoms with Gasteiger partial charge < -0.3 is 10.1 Å². The summed E-state index contributed by atoms with van der Waals surface area (Å²) in [5, 5.41) is 6.10. The van der Waals surface area contributed by atoms with E-state index in [0.717, 1.165) is 18.7 Å². The summed E-state index contributed by atoms with van der Waals surface area (Å²) in [6, 6.07) is 33.5. The number of anilines is 1. The average molecular weight is 353 g/mol. The lowest BCUT2D eigenvalue weighted by Gasteiger charge is -2.11. The largest absolute Gasteiger partial charge is 0.489 e. The van der Waals surface area contributed by atoms with Gasteiger partial charge in [-0.15, -0.1) is 0 Å². The van der Waals surface area contributed by atoms with E-state index in [1.54, 1.807) is 0 Å². The topological polar surface area (TPSA) is 21.3 Å². The highest BCUT2D eigenvalue weighted by atomic mass is 16.5. The van der Waals surface area contributed by atoms with Gasteiger partial charge in [0.1, 0.15) is 12.4 Å². The monoisotopic (exact) mass is 353 g/mol. The van der Waals surface area contributed by atoms with Crippen LogP contribution in [0, 0.1) is 0 Å². The third-order valence-electron chi connectivity index (χ3n) is 4.67. The zero-order valence-electron chi connectivity index (χ0n) is 15.3. The standard InChI is InChI=1S/C25H23NO/c1-2-8-21(9-3-1)19-27-23-13-6-10-20(18-23)16-17-26-25-15-7-12-22-11-4-5-14-24(22)25/h1-15,18,26H,16-17,19H2. The predicted octanol–water partition coefficient (Wildman–Crippen LogP) is 6.07. The lowest BCUT2D eigenvalue weighted by molar-refractivity contribution is 0.306.